The molecule has 0 spiro atoms. The van der Waals surface area contributed by atoms with Crippen LogP contribution >= 0.6 is 0 Å². The number of aromatic amines is 1. The van der Waals surface area contributed by atoms with Crippen LogP contribution in [-0.4, -0.2) is 22.5 Å². The van der Waals surface area contributed by atoms with Gasteiger partial charge in [-0.2, -0.15) is 5.26 Å². The number of hydrogen-bond acceptors (Lipinski definition) is 3. The lowest BCUT2D eigenvalue weighted by molar-refractivity contribution is 0.480. The van der Waals surface area contributed by atoms with Gasteiger partial charge >= 0.3 is 0 Å². The number of benzene rings is 2. The van der Waals surface area contributed by atoms with E-state index in [4.69, 9.17) is 5.73 Å². The number of aliphatic imine (C=N–C) groups is 1. The highest BCUT2D eigenvalue weighted by atomic mass is 16.3. The molecule has 0 saturated carbocycles. The summed E-state index contributed by atoms with van der Waals surface area (Å²) in [6.07, 6.45) is 2.27. The number of nitrogens with zero attached hydrogens (tertiary/aromatic N) is 2. The Bertz CT molecular complexity index is 978. The van der Waals surface area contributed by atoms with Crippen molar-refractivity contribution in [3.63, 3.8) is 0 Å². The van der Waals surface area contributed by atoms with Gasteiger partial charge in [0.15, 0.2) is 0 Å². The summed E-state index contributed by atoms with van der Waals surface area (Å²) in [7, 11) is 0. The highest BCUT2D eigenvalue weighted by molar-refractivity contribution is 6.05. The maximum atomic E-state index is 10.3. The van der Waals surface area contributed by atoms with Gasteiger partial charge in [0.05, 0.1) is 11.3 Å². The number of nitriles is 1. The number of rotatable bonds is 5. The molecule has 0 atom stereocenters. The van der Waals surface area contributed by atoms with Crippen LogP contribution in [0.25, 0.3) is 17.0 Å². The van der Waals surface area contributed by atoms with Crippen molar-refractivity contribution < 1.29 is 5.11 Å². The van der Waals surface area contributed by atoms with E-state index >= 15 is 0 Å². The first-order chi connectivity index (χ1) is 12.2. The van der Waals surface area contributed by atoms with Crippen molar-refractivity contribution in [2.45, 2.75) is 6.42 Å². The second kappa shape index (κ2) is 7.37. The molecule has 5 nitrogen and oxygen atoms in total. The van der Waals surface area contributed by atoms with Gasteiger partial charge in [0.2, 0.25) is 0 Å². The van der Waals surface area contributed by atoms with Gasteiger partial charge in [-0.15, -0.1) is 0 Å². The van der Waals surface area contributed by atoms with Crippen molar-refractivity contribution in [2.24, 2.45) is 10.7 Å². The van der Waals surface area contributed by atoms with Crippen LogP contribution < -0.4 is 5.73 Å². The molecule has 3 aromatic rings. The number of hydrogen-bond donors (Lipinski definition) is 3. The van der Waals surface area contributed by atoms with E-state index < -0.39 is 0 Å². The zero-order valence-electron chi connectivity index (χ0n) is 13.6. The summed E-state index contributed by atoms with van der Waals surface area (Å²) in [5.41, 5.74) is 8.57. The van der Waals surface area contributed by atoms with Gasteiger partial charge in [-0.25, -0.2) is 0 Å². The molecule has 0 radical (unpaired) electrons. The average molecular weight is 330 g/mol. The molecule has 0 aliphatic carbocycles. The summed E-state index contributed by atoms with van der Waals surface area (Å²) >= 11 is 0. The van der Waals surface area contributed by atoms with Crippen molar-refractivity contribution in [3.05, 3.63) is 71.4 Å². The number of amidine groups is 1. The molecular formula is C20H18N4O. The Kier molecular flexibility index (Phi) is 4.82. The number of para-hydroxylation sites is 1. The van der Waals surface area contributed by atoms with Crippen LogP contribution in [0.4, 0.5) is 0 Å². The van der Waals surface area contributed by atoms with Crippen LogP contribution in [-0.2, 0) is 6.42 Å². The Balaban J connectivity index is 1.80. The monoisotopic (exact) mass is 330 g/mol. The maximum absolute atomic E-state index is 10.3. The van der Waals surface area contributed by atoms with Crippen LogP contribution in [0.2, 0.25) is 0 Å². The summed E-state index contributed by atoms with van der Waals surface area (Å²) in [5.74, 6) is 0.261. The van der Waals surface area contributed by atoms with Gasteiger partial charge < -0.3 is 15.8 Å². The molecule has 0 bridgehead atoms. The first-order valence-electron chi connectivity index (χ1n) is 7.94. The van der Waals surface area contributed by atoms with E-state index in [1.54, 1.807) is 0 Å². The molecule has 0 aliphatic heterocycles. The van der Waals surface area contributed by atoms with Crippen LogP contribution in [0.1, 0.15) is 11.3 Å². The largest absolute Gasteiger partial charge is 0.505 e. The molecule has 0 saturated heterocycles. The van der Waals surface area contributed by atoms with Gasteiger partial charge in [0.1, 0.15) is 17.7 Å². The lowest BCUT2D eigenvalue weighted by Crippen LogP contribution is -2.15. The molecule has 0 unspecified atom stereocenters. The van der Waals surface area contributed by atoms with Crippen molar-refractivity contribution in [1.29, 1.82) is 5.26 Å². The van der Waals surface area contributed by atoms with E-state index in [9.17, 15) is 10.4 Å². The maximum Gasteiger partial charge on any atom is 0.148 e. The molecule has 25 heavy (non-hydrogen) atoms. The lowest BCUT2D eigenvalue weighted by Gasteiger charge is -2.01. The number of H-pyrrole nitrogens is 1. The van der Waals surface area contributed by atoms with Gasteiger partial charge in [0.25, 0.3) is 0 Å². The standard InChI is InChI=1S/C20H18N4O/c21-13-15(20(22)23-11-10-14-6-2-1-3-7-14)12-18-19(25)16-8-4-5-9-17(16)24-18/h1-9,12,24-25H,10-11H2,(H2,22,23). The third kappa shape index (κ3) is 3.70. The summed E-state index contributed by atoms with van der Waals surface area (Å²) in [6, 6.07) is 19.4. The molecule has 124 valence electrons. The number of nitrogens with two attached hydrogens (primary N) is 1. The smallest absolute Gasteiger partial charge is 0.148 e. The fraction of sp³-hybridized carbons (Fsp3) is 0.100. The highest BCUT2D eigenvalue weighted by Crippen LogP contribution is 2.29. The van der Waals surface area contributed by atoms with E-state index in [0.29, 0.717) is 17.6 Å². The molecule has 2 aromatic carbocycles. The van der Waals surface area contributed by atoms with Crippen LogP contribution in [0, 0.1) is 11.3 Å². The fourth-order valence-electron chi connectivity index (χ4n) is 2.60. The summed E-state index contributed by atoms with van der Waals surface area (Å²) < 4.78 is 0. The van der Waals surface area contributed by atoms with Crippen LogP contribution in [0.3, 0.4) is 0 Å². The van der Waals surface area contributed by atoms with Gasteiger partial charge in [-0.05, 0) is 30.2 Å². The topological polar surface area (TPSA) is 98.2 Å². The van der Waals surface area contributed by atoms with E-state index in [1.807, 2.05) is 60.7 Å². The highest BCUT2D eigenvalue weighted by Gasteiger charge is 2.10. The Morgan fingerprint density at radius 2 is 1.88 bits per heavy atom. The minimum absolute atomic E-state index is 0.0976. The molecule has 1 heterocycles. The third-order valence-electron chi connectivity index (χ3n) is 3.92. The van der Waals surface area contributed by atoms with E-state index in [1.165, 1.54) is 6.08 Å². The number of fused-ring (bicyclic) bond motifs is 1. The molecular weight excluding hydrogens is 312 g/mol. The Labute approximate surface area is 145 Å². The Morgan fingerprint density at radius 1 is 1.16 bits per heavy atom. The van der Waals surface area contributed by atoms with Crippen molar-refractivity contribution in [3.8, 4) is 11.8 Å². The Morgan fingerprint density at radius 3 is 2.60 bits per heavy atom. The second-order valence-corrected chi connectivity index (χ2v) is 5.61. The summed E-state index contributed by atoms with van der Waals surface area (Å²) in [5, 5.41) is 20.3. The quantitative estimate of drug-likeness (QED) is 0.380. The Hall–Kier alpha value is -3.52. The van der Waals surface area contributed by atoms with E-state index in [-0.39, 0.29) is 17.2 Å². The molecule has 0 fully saturated rings. The molecule has 4 N–H and O–H groups in total. The molecule has 0 aliphatic rings. The SMILES string of the molecule is N#CC(=Cc1[nH]c2ccccc2c1O)C(N)=NCCc1ccccc1. The number of aromatic hydroxyl groups is 1. The average Bonchev–Trinajstić information content (AvgIpc) is 2.96. The molecule has 1 aromatic heterocycles. The van der Waals surface area contributed by atoms with Crippen molar-refractivity contribution >= 4 is 22.8 Å². The number of nitrogens with one attached hydrogen (secondary N) is 1. The molecule has 3 rings (SSSR count). The molecule has 0 amide bonds. The van der Waals surface area contributed by atoms with Gasteiger partial charge in [0, 0.05) is 17.4 Å². The zero-order valence-corrected chi connectivity index (χ0v) is 13.6. The van der Waals surface area contributed by atoms with Gasteiger partial charge in [-0.3, -0.25) is 4.99 Å². The van der Waals surface area contributed by atoms with E-state index in [0.717, 1.165) is 17.5 Å². The minimum Gasteiger partial charge on any atom is -0.505 e. The first-order valence-corrected chi connectivity index (χ1v) is 7.94. The van der Waals surface area contributed by atoms with Crippen LogP contribution in [0.15, 0.2) is 65.2 Å². The summed E-state index contributed by atoms with van der Waals surface area (Å²) in [4.78, 5) is 7.36. The third-order valence-corrected chi connectivity index (χ3v) is 3.92. The number of aromatic nitrogens is 1. The normalized spacial score (nSPS) is 12.3. The predicted molar refractivity (Wildman–Crippen MR) is 100 cm³/mol. The minimum atomic E-state index is 0.0976. The van der Waals surface area contributed by atoms with Crippen molar-refractivity contribution in [1.82, 2.24) is 4.98 Å². The lowest BCUT2D eigenvalue weighted by atomic mass is 10.1. The summed E-state index contributed by atoms with van der Waals surface area (Å²) in [6.45, 7) is 0.494. The fourth-order valence-corrected chi connectivity index (χ4v) is 2.60. The van der Waals surface area contributed by atoms with Gasteiger partial charge in [-0.1, -0.05) is 42.5 Å². The predicted octanol–water partition coefficient (Wildman–Crippen LogP) is 3.38. The molecule has 5 heteroatoms. The van der Waals surface area contributed by atoms with Crippen molar-refractivity contribution in [2.75, 3.05) is 6.54 Å². The first kappa shape index (κ1) is 16.3. The second-order valence-electron chi connectivity index (χ2n) is 5.61. The van der Waals surface area contributed by atoms with Crippen LogP contribution in [0.5, 0.6) is 5.75 Å². The van der Waals surface area contributed by atoms with E-state index in [2.05, 4.69) is 9.98 Å². The zero-order chi connectivity index (χ0) is 17.6.